The molecule has 2 rings (SSSR count). The van der Waals surface area contributed by atoms with Gasteiger partial charge in [-0.25, -0.2) is 13.1 Å². The van der Waals surface area contributed by atoms with Gasteiger partial charge in [-0.15, -0.1) is 0 Å². The minimum atomic E-state index is -3.29. The number of likely N-dealkylation sites (N-methyl/N-ethyl adjacent to an activating group) is 1. The van der Waals surface area contributed by atoms with Crippen molar-refractivity contribution in [1.29, 1.82) is 0 Å². The van der Waals surface area contributed by atoms with Crippen LogP contribution in [-0.4, -0.2) is 37.2 Å². The summed E-state index contributed by atoms with van der Waals surface area (Å²) in [7, 11) is -1.44. The molecule has 26 heavy (non-hydrogen) atoms. The number of nitrogens with one attached hydrogen (secondary N) is 2. The Bertz CT molecular complexity index is 694. The minimum absolute atomic E-state index is 0.0943. The summed E-state index contributed by atoms with van der Waals surface area (Å²) in [4.78, 5) is 5.08. The van der Waals surface area contributed by atoms with Crippen LogP contribution in [0.5, 0.6) is 0 Å². The van der Waals surface area contributed by atoms with E-state index in [4.69, 9.17) is 12.2 Å². The largest absolute Gasteiger partial charge is 0.382 e. The van der Waals surface area contributed by atoms with Crippen molar-refractivity contribution in [2.45, 2.75) is 63.8 Å². The van der Waals surface area contributed by atoms with Crippen molar-refractivity contribution in [2.24, 2.45) is 5.92 Å². The summed E-state index contributed by atoms with van der Waals surface area (Å²) in [5, 5.41) is 3.18. The van der Waals surface area contributed by atoms with Crippen molar-refractivity contribution in [3.05, 3.63) is 30.1 Å². The molecular weight excluding hydrogens is 366 g/mol. The highest BCUT2D eigenvalue weighted by molar-refractivity contribution is 7.89. The highest BCUT2D eigenvalue weighted by Crippen LogP contribution is 2.46. The lowest BCUT2D eigenvalue weighted by Crippen LogP contribution is -2.56. The summed E-state index contributed by atoms with van der Waals surface area (Å²) in [6.45, 7) is 3.97. The van der Waals surface area contributed by atoms with E-state index in [1.165, 1.54) is 0 Å². The molecule has 1 fully saturated rings. The van der Waals surface area contributed by atoms with Gasteiger partial charge in [0.2, 0.25) is 10.0 Å². The van der Waals surface area contributed by atoms with E-state index in [0.29, 0.717) is 6.42 Å². The number of unbranched alkanes of at least 4 members (excludes halogenated alkanes) is 1. The molecule has 7 heteroatoms. The van der Waals surface area contributed by atoms with Crippen molar-refractivity contribution in [3.63, 3.8) is 0 Å². The second kappa shape index (κ2) is 9.24. The van der Waals surface area contributed by atoms with Crippen LogP contribution in [0.4, 0.5) is 0 Å². The zero-order chi connectivity index (χ0) is 19.2. The highest BCUT2D eigenvalue weighted by atomic mass is 32.2. The zero-order valence-electron chi connectivity index (χ0n) is 16.0. The number of nitrogens with zero attached hydrogens (tertiary/aromatic N) is 1. The maximum absolute atomic E-state index is 12.5. The zero-order valence-corrected chi connectivity index (χ0v) is 17.6. The third kappa shape index (κ3) is 4.61. The highest BCUT2D eigenvalue weighted by Gasteiger charge is 2.48. The van der Waals surface area contributed by atoms with E-state index in [9.17, 15) is 8.42 Å². The van der Waals surface area contributed by atoms with Crippen molar-refractivity contribution in [2.75, 3.05) is 12.8 Å². The fourth-order valence-corrected chi connectivity index (χ4v) is 6.15. The summed E-state index contributed by atoms with van der Waals surface area (Å²) in [5.41, 5.74) is 0.687. The fraction of sp³-hybridized carbons (Fsp3) is 0.684. The van der Waals surface area contributed by atoms with E-state index in [1.54, 1.807) is 6.20 Å². The number of hydrogen-bond acceptors (Lipinski definition) is 4. The molecular formula is C19H31N3O2S2. The maximum atomic E-state index is 12.5. The number of rotatable bonds is 8. The van der Waals surface area contributed by atoms with E-state index in [-0.39, 0.29) is 23.1 Å². The molecule has 5 nitrogen and oxygen atoms in total. The molecule has 1 aliphatic carbocycles. The SMILES string of the molecule is CCCCS(=O)(=O)NC(C)[C@H]1CCCC[C@@]1(C(=S)NC)c1cccnc1. The number of thiocarbonyl (C=S) groups is 1. The Labute approximate surface area is 163 Å². The lowest BCUT2D eigenvalue weighted by molar-refractivity contribution is 0.213. The van der Waals surface area contributed by atoms with Crippen LogP contribution in [-0.2, 0) is 15.4 Å². The molecule has 0 bridgehead atoms. The Morgan fingerprint density at radius 3 is 2.85 bits per heavy atom. The molecule has 3 atom stereocenters. The Hall–Kier alpha value is -1.05. The topological polar surface area (TPSA) is 71.1 Å². The molecule has 1 aromatic heterocycles. The molecule has 0 saturated heterocycles. The second-order valence-electron chi connectivity index (χ2n) is 7.22. The Kier molecular flexibility index (Phi) is 7.55. The van der Waals surface area contributed by atoms with Crippen LogP contribution in [0.1, 0.15) is 57.9 Å². The van der Waals surface area contributed by atoms with Crippen molar-refractivity contribution in [1.82, 2.24) is 15.0 Å². The summed E-state index contributed by atoms with van der Waals surface area (Å²) in [5.74, 6) is 0.272. The number of pyridine rings is 1. The predicted octanol–water partition coefficient (Wildman–Crippen LogP) is 3.16. The van der Waals surface area contributed by atoms with E-state index >= 15 is 0 Å². The average Bonchev–Trinajstić information content (AvgIpc) is 2.66. The van der Waals surface area contributed by atoms with Gasteiger partial charge in [-0.3, -0.25) is 4.98 Å². The average molecular weight is 398 g/mol. The van der Waals surface area contributed by atoms with Crippen molar-refractivity contribution in [3.8, 4) is 0 Å². The molecule has 1 unspecified atom stereocenters. The first-order valence-electron chi connectivity index (χ1n) is 9.50. The second-order valence-corrected chi connectivity index (χ2v) is 9.51. The van der Waals surface area contributed by atoms with Crippen LogP contribution < -0.4 is 10.0 Å². The lowest BCUT2D eigenvalue weighted by Gasteiger charge is -2.47. The van der Waals surface area contributed by atoms with Gasteiger partial charge in [-0.2, -0.15) is 0 Å². The van der Waals surface area contributed by atoms with E-state index in [1.807, 2.05) is 33.2 Å². The van der Waals surface area contributed by atoms with Crippen LogP contribution in [0.2, 0.25) is 0 Å². The molecule has 0 amide bonds. The maximum Gasteiger partial charge on any atom is 0.211 e. The van der Waals surface area contributed by atoms with Gasteiger partial charge in [0.25, 0.3) is 0 Å². The van der Waals surface area contributed by atoms with Gasteiger partial charge in [0.15, 0.2) is 0 Å². The van der Waals surface area contributed by atoms with Crippen LogP contribution in [0.15, 0.2) is 24.5 Å². The quantitative estimate of drug-likeness (QED) is 0.659. The van der Waals surface area contributed by atoms with Gasteiger partial charge in [-0.1, -0.05) is 44.5 Å². The van der Waals surface area contributed by atoms with Crippen molar-refractivity contribution < 1.29 is 8.42 Å². The molecule has 1 aromatic rings. The first kappa shape index (κ1) is 21.3. The molecule has 0 aliphatic heterocycles. The molecule has 0 radical (unpaired) electrons. The molecule has 1 heterocycles. The summed E-state index contributed by atoms with van der Waals surface area (Å²) < 4.78 is 27.8. The Morgan fingerprint density at radius 2 is 2.23 bits per heavy atom. The van der Waals surface area contributed by atoms with Crippen LogP contribution in [0, 0.1) is 5.92 Å². The first-order valence-corrected chi connectivity index (χ1v) is 11.6. The fourth-order valence-electron chi connectivity index (χ4n) is 4.26. The normalized spacial score (nSPS) is 24.8. The number of sulfonamides is 1. The summed E-state index contributed by atoms with van der Waals surface area (Å²) in [6, 6.07) is 3.80. The summed E-state index contributed by atoms with van der Waals surface area (Å²) >= 11 is 5.76. The van der Waals surface area contributed by atoms with Gasteiger partial charge >= 0.3 is 0 Å². The van der Waals surface area contributed by atoms with Gasteiger partial charge in [0.1, 0.15) is 0 Å². The van der Waals surface area contributed by atoms with E-state index < -0.39 is 10.0 Å². The third-order valence-corrected chi connectivity index (χ3v) is 7.64. The van der Waals surface area contributed by atoms with Crippen molar-refractivity contribution >= 4 is 27.2 Å². The van der Waals surface area contributed by atoms with Gasteiger partial charge < -0.3 is 5.32 Å². The Morgan fingerprint density at radius 1 is 1.46 bits per heavy atom. The van der Waals surface area contributed by atoms with Gasteiger partial charge in [0.05, 0.1) is 16.2 Å². The number of hydrogen-bond donors (Lipinski definition) is 2. The molecule has 1 saturated carbocycles. The van der Waals surface area contributed by atoms with E-state index in [0.717, 1.165) is 42.7 Å². The lowest BCUT2D eigenvalue weighted by atomic mass is 9.60. The third-order valence-electron chi connectivity index (χ3n) is 5.51. The minimum Gasteiger partial charge on any atom is -0.382 e. The first-order chi connectivity index (χ1) is 12.4. The molecule has 0 aromatic carbocycles. The van der Waals surface area contributed by atoms with E-state index in [2.05, 4.69) is 21.1 Å². The van der Waals surface area contributed by atoms with Gasteiger partial charge in [-0.05, 0) is 43.7 Å². The Balaban J connectivity index is 2.38. The molecule has 2 N–H and O–H groups in total. The smallest absolute Gasteiger partial charge is 0.211 e. The van der Waals surface area contributed by atoms with Crippen LogP contribution >= 0.6 is 12.2 Å². The van der Waals surface area contributed by atoms with Crippen LogP contribution in [0.3, 0.4) is 0 Å². The number of aromatic nitrogens is 1. The van der Waals surface area contributed by atoms with Gasteiger partial charge in [0, 0.05) is 25.5 Å². The predicted molar refractivity (Wildman–Crippen MR) is 111 cm³/mol. The molecule has 0 spiro atoms. The molecule has 146 valence electrons. The molecule has 1 aliphatic rings. The summed E-state index contributed by atoms with van der Waals surface area (Å²) in [6.07, 6.45) is 9.17. The van der Waals surface area contributed by atoms with Crippen LogP contribution in [0.25, 0.3) is 0 Å². The standard InChI is InChI=1S/C19H31N3O2S2/c1-4-5-13-26(23,24)22-15(2)17-10-6-7-11-19(17,18(25)20-3)16-9-8-12-21-14-16/h8-9,12,14-15,17,22H,4-7,10-11,13H2,1-3H3,(H,20,25)/t15?,17-,19-/m1/s1. The monoisotopic (exact) mass is 397 g/mol.